The van der Waals surface area contributed by atoms with Crippen LogP contribution in [0.4, 0.5) is 0 Å². The Morgan fingerprint density at radius 3 is 1.62 bits per heavy atom. The van der Waals surface area contributed by atoms with Gasteiger partial charge in [0.25, 0.3) is 0 Å². The first-order valence-corrected chi connectivity index (χ1v) is 3.62. The van der Waals surface area contributed by atoms with Crippen molar-refractivity contribution in [1.29, 1.82) is 0 Å². The maximum Gasteiger partial charge on any atom is 0.328 e. The molecule has 0 spiro atoms. The predicted molar refractivity (Wildman–Crippen MR) is 45.4 cm³/mol. The lowest BCUT2D eigenvalue weighted by atomic mass is 10.4. The molecular weight excluding hydrogens is 176 g/mol. The van der Waals surface area contributed by atoms with Crippen LogP contribution >= 0.6 is 0 Å². The molecule has 0 aliphatic heterocycles. The quantitative estimate of drug-likeness (QED) is 0.500. The molecule has 0 unspecified atom stereocenters. The van der Waals surface area contributed by atoms with Crippen molar-refractivity contribution in [2.45, 2.75) is 19.8 Å². The van der Waals surface area contributed by atoms with Crippen LogP contribution in [0.1, 0.15) is 19.8 Å². The van der Waals surface area contributed by atoms with Gasteiger partial charge >= 0.3 is 11.9 Å². The second kappa shape index (κ2) is 10.3. The minimum atomic E-state index is -1.26. The highest BCUT2D eigenvalue weighted by molar-refractivity contribution is 5.89. The van der Waals surface area contributed by atoms with Crippen LogP contribution in [0, 0.1) is 0 Å². The minimum absolute atomic E-state index is 0.558. The van der Waals surface area contributed by atoms with Crippen molar-refractivity contribution < 1.29 is 24.6 Å². The zero-order chi connectivity index (χ0) is 10.7. The van der Waals surface area contributed by atoms with Gasteiger partial charge in [-0.25, -0.2) is 9.59 Å². The number of rotatable bonds is 4. The third-order valence-electron chi connectivity index (χ3n) is 0.775. The predicted octanol–water partition coefficient (Wildman–Crippen LogP) is 0.697. The molecule has 5 heteroatoms. The Hall–Kier alpha value is -1.65. The number of carbonyl (C=O) groups excluding carboxylic acids is 1. The van der Waals surface area contributed by atoms with E-state index in [1.165, 1.54) is 0 Å². The molecule has 0 radical (unpaired) electrons. The van der Waals surface area contributed by atoms with Crippen molar-refractivity contribution in [2.24, 2.45) is 0 Å². The van der Waals surface area contributed by atoms with Crippen LogP contribution in [0.2, 0.25) is 0 Å². The largest absolute Gasteiger partial charge is 0.478 e. The molecule has 0 bridgehead atoms. The molecule has 0 saturated heterocycles. The van der Waals surface area contributed by atoms with Gasteiger partial charge in [0.15, 0.2) is 0 Å². The van der Waals surface area contributed by atoms with E-state index in [0.717, 1.165) is 12.7 Å². The summed E-state index contributed by atoms with van der Waals surface area (Å²) in [5.41, 5.74) is 0. The Morgan fingerprint density at radius 1 is 1.15 bits per heavy atom. The molecule has 0 atom stereocenters. The maximum absolute atomic E-state index is 9.55. The lowest BCUT2D eigenvalue weighted by Gasteiger charge is -1.74. The highest BCUT2D eigenvalue weighted by Gasteiger charge is 1.88. The molecule has 0 aromatic rings. The zero-order valence-electron chi connectivity index (χ0n) is 7.27. The molecule has 0 saturated carbocycles. The summed E-state index contributed by atoms with van der Waals surface area (Å²) in [5, 5.41) is 15.6. The van der Waals surface area contributed by atoms with Gasteiger partial charge in [-0.2, -0.15) is 0 Å². The van der Waals surface area contributed by atoms with E-state index in [2.05, 4.69) is 0 Å². The monoisotopic (exact) mass is 188 g/mol. The van der Waals surface area contributed by atoms with Crippen molar-refractivity contribution in [3.8, 4) is 0 Å². The number of hydrogen-bond acceptors (Lipinski definition) is 3. The van der Waals surface area contributed by atoms with Crippen LogP contribution in [0.25, 0.3) is 0 Å². The number of aliphatic carboxylic acids is 2. The summed E-state index contributed by atoms with van der Waals surface area (Å²) in [6.45, 7) is 1.98. The first-order valence-electron chi connectivity index (χ1n) is 3.62. The van der Waals surface area contributed by atoms with E-state index >= 15 is 0 Å². The van der Waals surface area contributed by atoms with E-state index in [-0.39, 0.29) is 0 Å². The Kier molecular flexibility index (Phi) is 11.1. The standard InChI is InChI=1S/C4H4O4.C4H8O/c5-3(6)1-2-4(7)8;1-2-3-4-5/h1-2H,(H,5,6)(H,7,8);4H,2-3H2,1H3/b2-1-;. The van der Waals surface area contributed by atoms with Crippen molar-refractivity contribution in [3.05, 3.63) is 12.2 Å². The van der Waals surface area contributed by atoms with Gasteiger partial charge in [0, 0.05) is 18.6 Å². The Morgan fingerprint density at radius 2 is 1.54 bits per heavy atom. The summed E-state index contributed by atoms with van der Waals surface area (Å²) in [4.78, 5) is 28.5. The van der Waals surface area contributed by atoms with Crippen LogP contribution in [0.3, 0.4) is 0 Å². The normalized spacial score (nSPS) is 8.69. The van der Waals surface area contributed by atoms with Crippen molar-refractivity contribution in [3.63, 3.8) is 0 Å². The smallest absolute Gasteiger partial charge is 0.328 e. The fourth-order valence-corrected chi connectivity index (χ4v) is 0.260. The van der Waals surface area contributed by atoms with E-state index in [1.54, 1.807) is 0 Å². The number of aldehydes is 1. The molecule has 0 aliphatic carbocycles. The van der Waals surface area contributed by atoms with Gasteiger partial charge in [0.1, 0.15) is 6.29 Å². The fraction of sp³-hybridized carbons (Fsp3) is 0.375. The molecule has 0 aromatic heterocycles. The molecule has 13 heavy (non-hydrogen) atoms. The molecule has 0 heterocycles. The lowest BCUT2D eigenvalue weighted by molar-refractivity contribution is -0.134. The van der Waals surface area contributed by atoms with Crippen molar-refractivity contribution in [2.75, 3.05) is 0 Å². The van der Waals surface area contributed by atoms with Gasteiger partial charge in [-0.3, -0.25) is 0 Å². The summed E-state index contributed by atoms with van der Waals surface area (Å²) in [5.74, 6) is -2.51. The van der Waals surface area contributed by atoms with E-state index in [0.29, 0.717) is 18.6 Å². The Bertz CT molecular complexity index is 179. The van der Waals surface area contributed by atoms with Crippen LogP contribution < -0.4 is 0 Å². The summed E-state index contributed by atoms with van der Waals surface area (Å²) in [6, 6.07) is 0. The number of unbranched alkanes of at least 4 members (excludes halogenated alkanes) is 1. The van der Waals surface area contributed by atoms with E-state index in [1.807, 2.05) is 6.92 Å². The number of carbonyl (C=O) groups is 3. The Labute approximate surface area is 75.7 Å². The van der Waals surface area contributed by atoms with Crippen LogP contribution in [0.15, 0.2) is 12.2 Å². The highest BCUT2D eigenvalue weighted by atomic mass is 16.4. The molecule has 0 amide bonds. The maximum atomic E-state index is 9.55. The average molecular weight is 188 g/mol. The average Bonchev–Trinajstić information content (AvgIpc) is 2.03. The number of hydrogen-bond donors (Lipinski definition) is 2. The van der Waals surface area contributed by atoms with E-state index in [4.69, 9.17) is 10.2 Å². The molecule has 0 aliphatic rings. The van der Waals surface area contributed by atoms with Crippen LogP contribution in [-0.2, 0) is 14.4 Å². The van der Waals surface area contributed by atoms with Gasteiger partial charge in [0.05, 0.1) is 0 Å². The molecule has 2 N–H and O–H groups in total. The number of carboxylic acid groups (broad SMARTS) is 2. The van der Waals surface area contributed by atoms with Gasteiger partial charge in [-0.05, 0) is 6.42 Å². The SMILES string of the molecule is CCCC=O.O=C(O)/C=C\C(=O)O. The van der Waals surface area contributed by atoms with E-state index in [9.17, 15) is 14.4 Å². The molecule has 0 rings (SSSR count). The molecule has 74 valence electrons. The second-order valence-corrected chi connectivity index (χ2v) is 1.97. The Balaban J connectivity index is 0. The van der Waals surface area contributed by atoms with Gasteiger partial charge in [-0.1, -0.05) is 6.92 Å². The molecule has 0 aromatic carbocycles. The second-order valence-electron chi connectivity index (χ2n) is 1.97. The van der Waals surface area contributed by atoms with Crippen LogP contribution in [0.5, 0.6) is 0 Å². The van der Waals surface area contributed by atoms with Gasteiger partial charge in [-0.15, -0.1) is 0 Å². The van der Waals surface area contributed by atoms with Crippen molar-refractivity contribution >= 4 is 18.2 Å². The first-order chi connectivity index (χ1) is 6.04. The summed E-state index contributed by atoms with van der Waals surface area (Å²) < 4.78 is 0. The van der Waals surface area contributed by atoms with Gasteiger partial charge in [0.2, 0.25) is 0 Å². The number of carboxylic acids is 2. The third-order valence-corrected chi connectivity index (χ3v) is 0.775. The molecule has 5 nitrogen and oxygen atoms in total. The third kappa shape index (κ3) is 25.2. The highest BCUT2D eigenvalue weighted by Crippen LogP contribution is 1.74. The van der Waals surface area contributed by atoms with Gasteiger partial charge < -0.3 is 15.0 Å². The molecular formula is C8H12O5. The zero-order valence-corrected chi connectivity index (χ0v) is 7.27. The van der Waals surface area contributed by atoms with Crippen molar-refractivity contribution in [1.82, 2.24) is 0 Å². The minimum Gasteiger partial charge on any atom is -0.478 e. The molecule has 0 fully saturated rings. The first kappa shape index (κ1) is 13.9. The summed E-state index contributed by atoms with van der Waals surface area (Å²) in [6.07, 6.45) is 3.73. The topological polar surface area (TPSA) is 91.7 Å². The van der Waals surface area contributed by atoms with E-state index < -0.39 is 11.9 Å². The summed E-state index contributed by atoms with van der Waals surface area (Å²) in [7, 11) is 0. The fourth-order valence-electron chi connectivity index (χ4n) is 0.260. The summed E-state index contributed by atoms with van der Waals surface area (Å²) >= 11 is 0. The van der Waals surface area contributed by atoms with Crippen LogP contribution in [-0.4, -0.2) is 28.4 Å². The lowest BCUT2D eigenvalue weighted by Crippen LogP contribution is -1.91.